The Morgan fingerprint density at radius 2 is 1.75 bits per heavy atom. The fourth-order valence-electron chi connectivity index (χ4n) is 1.76. The number of aromatic hydroxyl groups is 1. The number of rotatable bonds is 3. The van der Waals surface area contributed by atoms with E-state index >= 15 is 0 Å². The zero-order valence-corrected chi connectivity index (χ0v) is 12.7. The summed E-state index contributed by atoms with van der Waals surface area (Å²) in [6.07, 6.45) is 0.0610. The molecule has 5 nitrogen and oxygen atoms in total. The highest BCUT2D eigenvalue weighted by Crippen LogP contribution is 2.38. The van der Waals surface area contributed by atoms with Crippen LogP contribution in [0.1, 0.15) is 11.3 Å². The summed E-state index contributed by atoms with van der Waals surface area (Å²) in [5.41, 5.74) is 0.533. The van der Waals surface area contributed by atoms with Crippen molar-refractivity contribution in [2.75, 3.05) is 5.23 Å². The first-order valence-corrected chi connectivity index (χ1v) is 6.73. The number of phenolic OH excluding ortho intramolecular Hbond substituents is 1. The zero-order chi connectivity index (χ0) is 15.0. The van der Waals surface area contributed by atoms with Crippen LogP contribution in [-0.4, -0.2) is 20.5 Å². The molecular weight excluding hydrogens is 350 g/mol. The van der Waals surface area contributed by atoms with E-state index in [0.29, 0.717) is 10.6 Å². The molecule has 0 saturated heterocycles. The van der Waals surface area contributed by atoms with Crippen molar-refractivity contribution in [2.45, 2.75) is 6.42 Å². The number of hydrogen-bond donors (Lipinski definition) is 4. The summed E-state index contributed by atoms with van der Waals surface area (Å²) in [7, 11) is 0. The summed E-state index contributed by atoms with van der Waals surface area (Å²) in [6.45, 7) is 0. The minimum absolute atomic E-state index is 0.0392. The predicted octanol–water partition coefficient (Wildman–Crippen LogP) is 4.51. The number of benzene rings is 1. The zero-order valence-electron chi connectivity index (χ0n) is 9.66. The summed E-state index contributed by atoms with van der Waals surface area (Å²) >= 11 is 23.3. The molecular formula is C11H8Cl4N2O3. The monoisotopic (exact) mass is 356 g/mol. The number of hydrogen-bond acceptors (Lipinski definition) is 4. The molecule has 0 fully saturated rings. The smallest absolute Gasteiger partial charge is 0.137 e. The number of aromatic amines is 1. The summed E-state index contributed by atoms with van der Waals surface area (Å²) in [5.74, 6) is -0.161. The molecule has 108 valence electrons. The SMILES string of the molecule is Oc1c(Cl)cc(Cl)cc1Cc1[nH]c(Cl)c(Cl)c1N(O)O. The van der Waals surface area contributed by atoms with Crippen LogP contribution in [0, 0.1) is 0 Å². The number of anilines is 1. The van der Waals surface area contributed by atoms with Crippen molar-refractivity contribution in [3.8, 4) is 5.75 Å². The molecule has 0 atom stereocenters. The lowest BCUT2D eigenvalue weighted by molar-refractivity contribution is 0.0289. The molecule has 0 aliphatic carbocycles. The molecule has 0 aliphatic rings. The minimum Gasteiger partial charge on any atom is -0.506 e. The van der Waals surface area contributed by atoms with Gasteiger partial charge in [0.05, 0.1) is 10.7 Å². The van der Waals surface area contributed by atoms with E-state index in [2.05, 4.69) is 4.98 Å². The Hall–Kier alpha value is -0.820. The molecule has 0 spiro atoms. The maximum atomic E-state index is 9.88. The van der Waals surface area contributed by atoms with Gasteiger partial charge in [0, 0.05) is 17.0 Å². The van der Waals surface area contributed by atoms with Crippen molar-refractivity contribution in [1.82, 2.24) is 4.98 Å². The predicted molar refractivity (Wildman–Crippen MR) is 77.8 cm³/mol. The van der Waals surface area contributed by atoms with Crippen LogP contribution < -0.4 is 5.23 Å². The van der Waals surface area contributed by atoms with Crippen LogP contribution in [0.15, 0.2) is 12.1 Å². The molecule has 9 heteroatoms. The third-order valence-electron chi connectivity index (χ3n) is 2.62. The van der Waals surface area contributed by atoms with Gasteiger partial charge in [-0.2, -0.15) is 0 Å². The average molecular weight is 358 g/mol. The van der Waals surface area contributed by atoms with Crippen molar-refractivity contribution >= 4 is 52.1 Å². The number of halogens is 4. The van der Waals surface area contributed by atoms with Crippen LogP contribution in [0.5, 0.6) is 5.75 Å². The van der Waals surface area contributed by atoms with E-state index in [1.165, 1.54) is 12.1 Å². The van der Waals surface area contributed by atoms with Crippen LogP contribution in [0.3, 0.4) is 0 Å². The van der Waals surface area contributed by atoms with Gasteiger partial charge in [-0.05, 0) is 12.1 Å². The first-order chi connectivity index (χ1) is 9.31. The third-order valence-corrected chi connectivity index (χ3v) is 3.88. The standard InChI is InChI=1S/C11H8Cl4N2O3/c12-5-1-4(10(18)6(13)3-5)2-7-9(17(19)20)8(14)11(15)16-7/h1,3,16,18-20H,2H2. The fourth-order valence-corrected chi connectivity index (χ4v) is 2.74. The minimum atomic E-state index is -0.161. The van der Waals surface area contributed by atoms with Crippen molar-refractivity contribution in [1.29, 1.82) is 0 Å². The Balaban J connectivity index is 2.48. The average Bonchev–Trinajstić information content (AvgIpc) is 2.61. The largest absolute Gasteiger partial charge is 0.506 e. The van der Waals surface area contributed by atoms with Crippen LogP contribution >= 0.6 is 46.4 Å². The summed E-state index contributed by atoms with van der Waals surface area (Å²) in [5, 5.41) is 28.5. The maximum absolute atomic E-state index is 9.88. The molecule has 0 radical (unpaired) electrons. The van der Waals surface area contributed by atoms with Gasteiger partial charge in [-0.1, -0.05) is 46.4 Å². The number of nitrogens with one attached hydrogen (secondary N) is 1. The number of H-pyrrole nitrogens is 1. The highest BCUT2D eigenvalue weighted by atomic mass is 35.5. The first kappa shape index (κ1) is 15.6. The lowest BCUT2D eigenvalue weighted by Gasteiger charge is -2.11. The van der Waals surface area contributed by atoms with Crippen molar-refractivity contribution in [3.05, 3.63) is 43.6 Å². The van der Waals surface area contributed by atoms with Crippen molar-refractivity contribution in [3.63, 3.8) is 0 Å². The summed E-state index contributed by atoms with van der Waals surface area (Å²) < 4.78 is 0. The lowest BCUT2D eigenvalue weighted by Crippen LogP contribution is -2.13. The Morgan fingerprint density at radius 3 is 2.35 bits per heavy atom. The van der Waals surface area contributed by atoms with Crippen LogP contribution in [0.25, 0.3) is 0 Å². The van der Waals surface area contributed by atoms with Gasteiger partial charge in [-0.25, -0.2) is 0 Å². The Morgan fingerprint density at radius 1 is 1.10 bits per heavy atom. The molecule has 1 aromatic carbocycles. The highest BCUT2D eigenvalue weighted by Gasteiger charge is 2.21. The van der Waals surface area contributed by atoms with Gasteiger partial charge in [-0.3, -0.25) is 10.4 Å². The van der Waals surface area contributed by atoms with E-state index in [1.807, 2.05) is 0 Å². The molecule has 2 aromatic rings. The Bertz CT molecular complexity index is 658. The molecule has 0 aliphatic heterocycles. The second-order valence-corrected chi connectivity index (χ2v) is 5.54. The van der Waals surface area contributed by atoms with Crippen LogP contribution in [0.2, 0.25) is 20.2 Å². The quantitative estimate of drug-likeness (QED) is 0.609. The van der Waals surface area contributed by atoms with Gasteiger partial charge in [0.25, 0.3) is 0 Å². The second kappa shape index (κ2) is 5.89. The maximum Gasteiger partial charge on any atom is 0.137 e. The summed E-state index contributed by atoms with van der Waals surface area (Å²) in [4.78, 5) is 2.68. The molecule has 2 rings (SSSR count). The van der Waals surface area contributed by atoms with Gasteiger partial charge in [0.1, 0.15) is 21.6 Å². The van der Waals surface area contributed by atoms with E-state index in [0.717, 1.165) is 0 Å². The lowest BCUT2D eigenvalue weighted by atomic mass is 10.1. The van der Waals surface area contributed by atoms with E-state index < -0.39 is 0 Å². The topological polar surface area (TPSA) is 79.7 Å². The molecule has 0 saturated carbocycles. The number of aromatic nitrogens is 1. The van der Waals surface area contributed by atoms with E-state index in [4.69, 9.17) is 56.8 Å². The van der Waals surface area contributed by atoms with Gasteiger partial charge in [0.15, 0.2) is 0 Å². The third kappa shape index (κ3) is 2.93. The van der Waals surface area contributed by atoms with Gasteiger partial charge in [-0.15, -0.1) is 5.23 Å². The van der Waals surface area contributed by atoms with E-state index in [-0.39, 0.29) is 44.0 Å². The van der Waals surface area contributed by atoms with Crippen molar-refractivity contribution in [2.24, 2.45) is 0 Å². The van der Waals surface area contributed by atoms with Crippen molar-refractivity contribution < 1.29 is 15.5 Å². The number of phenols is 1. The van der Waals surface area contributed by atoms with Crippen LogP contribution in [0.4, 0.5) is 5.69 Å². The van der Waals surface area contributed by atoms with Gasteiger partial charge >= 0.3 is 0 Å². The Kier molecular flexibility index (Phi) is 4.59. The fraction of sp³-hybridized carbons (Fsp3) is 0.0909. The molecule has 20 heavy (non-hydrogen) atoms. The van der Waals surface area contributed by atoms with Crippen LogP contribution in [-0.2, 0) is 6.42 Å². The molecule has 0 unspecified atom stereocenters. The van der Waals surface area contributed by atoms with Gasteiger partial charge < -0.3 is 10.1 Å². The second-order valence-electron chi connectivity index (χ2n) is 3.94. The summed E-state index contributed by atoms with van der Waals surface area (Å²) in [6, 6.07) is 2.89. The molecule has 1 aromatic heterocycles. The number of nitrogens with zero attached hydrogens (tertiary/aromatic N) is 1. The highest BCUT2D eigenvalue weighted by molar-refractivity contribution is 6.43. The van der Waals surface area contributed by atoms with E-state index in [1.54, 1.807) is 0 Å². The van der Waals surface area contributed by atoms with Gasteiger partial charge in [0.2, 0.25) is 0 Å². The Labute approximate surface area is 133 Å². The molecule has 4 N–H and O–H groups in total. The first-order valence-electron chi connectivity index (χ1n) is 5.21. The normalized spacial score (nSPS) is 10.9. The molecule has 0 amide bonds. The molecule has 0 bridgehead atoms. The van der Waals surface area contributed by atoms with E-state index in [9.17, 15) is 5.11 Å². The molecule has 1 heterocycles.